The molecule has 0 fully saturated rings. The lowest BCUT2D eigenvalue weighted by atomic mass is 10.2. The van der Waals surface area contributed by atoms with E-state index in [1.54, 1.807) is 0 Å². The number of anilines is 1. The Bertz CT molecular complexity index is 362. The van der Waals surface area contributed by atoms with E-state index in [-0.39, 0.29) is 25.1 Å². The molecule has 4 heteroatoms. The number of aliphatic hydroxyl groups excluding tert-OH is 1. The van der Waals surface area contributed by atoms with Gasteiger partial charge in [0.05, 0.1) is 13.2 Å². The lowest BCUT2D eigenvalue weighted by molar-refractivity contribution is -0.117. The summed E-state index contributed by atoms with van der Waals surface area (Å²) in [6, 6.07) is 7.65. The van der Waals surface area contributed by atoms with Crippen LogP contribution < -0.4 is 5.32 Å². The number of nitrogens with one attached hydrogen (secondary N) is 1. The Balaban J connectivity index is 2.47. The molecule has 17 heavy (non-hydrogen) atoms. The van der Waals surface area contributed by atoms with Crippen molar-refractivity contribution in [2.45, 2.75) is 19.9 Å². The minimum Gasteiger partial charge on any atom is -0.395 e. The van der Waals surface area contributed by atoms with Crippen molar-refractivity contribution in [3.05, 3.63) is 29.8 Å². The fraction of sp³-hybridized carbons (Fsp3) is 0.462. The minimum absolute atomic E-state index is 0.0150. The summed E-state index contributed by atoms with van der Waals surface area (Å²) < 4.78 is 0. The number of nitrogens with zero attached hydrogens (tertiary/aromatic N) is 1. The van der Waals surface area contributed by atoms with Crippen LogP contribution in [0.15, 0.2) is 24.3 Å². The topological polar surface area (TPSA) is 52.6 Å². The quantitative estimate of drug-likeness (QED) is 0.809. The molecule has 1 amide bonds. The molecule has 1 atom stereocenters. The lowest BCUT2D eigenvalue weighted by Gasteiger charge is -2.21. The summed E-state index contributed by atoms with van der Waals surface area (Å²) in [6.45, 7) is 4.20. The fourth-order valence-corrected chi connectivity index (χ4v) is 1.36. The van der Waals surface area contributed by atoms with E-state index in [9.17, 15) is 4.79 Å². The minimum atomic E-state index is -0.0725. The summed E-state index contributed by atoms with van der Waals surface area (Å²) in [6.07, 6.45) is 0. The van der Waals surface area contributed by atoms with Crippen molar-refractivity contribution < 1.29 is 9.90 Å². The number of likely N-dealkylation sites (N-methyl/N-ethyl adjacent to an activating group) is 1. The first-order valence-corrected chi connectivity index (χ1v) is 5.70. The van der Waals surface area contributed by atoms with Crippen LogP contribution in [0.3, 0.4) is 0 Å². The van der Waals surface area contributed by atoms with E-state index in [1.807, 2.05) is 50.1 Å². The van der Waals surface area contributed by atoms with E-state index in [2.05, 4.69) is 5.32 Å². The van der Waals surface area contributed by atoms with Gasteiger partial charge in [0.1, 0.15) is 0 Å². The van der Waals surface area contributed by atoms with Crippen LogP contribution in [0.1, 0.15) is 12.5 Å². The molecular weight excluding hydrogens is 216 g/mol. The van der Waals surface area contributed by atoms with Crippen LogP contribution in [-0.2, 0) is 4.79 Å². The van der Waals surface area contributed by atoms with Gasteiger partial charge < -0.3 is 10.4 Å². The molecule has 1 unspecified atom stereocenters. The fourth-order valence-electron chi connectivity index (χ4n) is 1.36. The molecule has 2 N–H and O–H groups in total. The third-order valence-electron chi connectivity index (χ3n) is 2.75. The Hall–Kier alpha value is -1.39. The molecule has 0 aromatic heterocycles. The molecule has 0 heterocycles. The molecule has 0 radical (unpaired) electrons. The first kappa shape index (κ1) is 13.7. The highest BCUT2D eigenvalue weighted by atomic mass is 16.3. The van der Waals surface area contributed by atoms with Crippen molar-refractivity contribution in [3.63, 3.8) is 0 Å². The predicted molar refractivity (Wildman–Crippen MR) is 69.0 cm³/mol. The number of rotatable bonds is 5. The summed E-state index contributed by atoms with van der Waals surface area (Å²) in [5.74, 6) is -0.0725. The van der Waals surface area contributed by atoms with Gasteiger partial charge in [-0.05, 0) is 33.0 Å². The van der Waals surface area contributed by atoms with Crippen molar-refractivity contribution in [2.24, 2.45) is 0 Å². The number of aliphatic hydroxyl groups is 1. The molecule has 0 aliphatic carbocycles. The monoisotopic (exact) mass is 236 g/mol. The van der Waals surface area contributed by atoms with Crippen LogP contribution in [0.2, 0.25) is 0 Å². The molecule has 4 nitrogen and oxygen atoms in total. The molecule has 1 aromatic carbocycles. The normalized spacial score (nSPS) is 12.5. The molecule has 0 saturated heterocycles. The Labute approximate surface area is 102 Å². The van der Waals surface area contributed by atoms with Gasteiger partial charge >= 0.3 is 0 Å². The summed E-state index contributed by atoms with van der Waals surface area (Å²) in [7, 11) is 1.82. The Morgan fingerprint density at radius 2 is 2.00 bits per heavy atom. The largest absolute Gasteiger partial charge is 0.395 e. The zero-order valence-electron chi connectivity index (χ0n) is 10.6. The van der Waals surface area contributed by atoms with Gasteiger partial charge in [0.15, 0.2) is 0 Å². The maximum absolute atomic E-state index is 11.7. The third kappa shape index (κ3) is 4.54. The van der Waals surface area contributed by atoms with Crippen LogP contribution in [0.5, 0.6) is 0 Å². The molecule has 1 aromatic rings. The van der Waals surface area contributed by atoms with Crippen molar-refractivity contribution in [1.29, 1.82) is 0 Å². The van der Waals surface area contributed by atoms with Crippen molar-refractivity contribution in [3.8, 4) is 0 Å². The van der Waals surface area contributed by atoms with Gasteiger partial charge in [-0.15, -0.1) is 0 Å². The summed E-state index contributed by atoms with van der Waals surface area (Å²) in [4.78, 5) is 13.5. The second kappa shape index (κ2) is 6.37. The number of amides is 1. The van der Waals surface area contributed by atoms with E-state index >= 15 is 0 Å². The maximum atomic E-state index is 11.7. The third-order valence-corrected chi connectivity index (χ3v) is 2.75. The Kier molecular flexibility index (Phi) is 5.12. The van der Waals surface area contributed by atoms with Gasteiger partial charge in [0, 0.05) is 11.7 Å². The summed E-state index contributed by atoms with van der Waals surface area (Å²) in [5, 5.41) is 11.8. The van der Waals surface area contributed by atoms with Crippen LogP contribution >= 0.6 is 0 Å². The molecule has 94 valence electrons. The van der Waals surface area contributed by atoms with Crippen LogP contribution in [0, 0.1) is 6.92 Å². The van der Waals surface area contributed by atoms with Crippen LogP contribution in [0.25, 0.3) is 0 Å². The van der Waals surface area contributed by atoms with Crippen molar-refractivity contribution in [2.75, 3.05) is 25.5 Å². The van der Waals surface area contributed by atoms with Gasteiger partial charge in [-0.25, -0.2) is 0 Å². The average molecular weight is 236 g/mol. The number of hydrogen-bond acceptors (Lipinski definition) is 3. The van der Waals surface area contributed by atoms with E-state index in [1.165, 1.54) is 0 Å². The smallest absolute Gasteiger partial charge is 0.238 e. The Morgan fingerprint density at radius 3 is 2.53 bits per heavy atom. The van der Waals surface area contributed by atoms with Crippen molar-refractivity contribution in [1.82, 2.24) is 4.90 Å². The number of aryl methyl sites for hydroxylation is 1. The molecule has 0 bridgehead atoms. The second-order valence-corrected chi connectivity index (χ2v) is 4.36. The number of carbonyl (C=O) groups excluding carboxylic acids is 1. The standard InChI is InChI=1S/C13H20N2O2/c1-10-4-6-12(7-5-10)14-13(17)8-15(3)11(2)9-16/h4-7,11,16H,8-9H2,1-3H3,(H,14,17). The van der Waals surface area contributed by atoms with Crippen LogP contribution in [-0.4, -0.2) is 42.2 Å². The van der Waals surface area contributed by atoms with E-state index in [0.717, 1.165) is 11.3 Å². The zero-order chi connectivity index (χ0) is 12.8. The number of benzene rings is 1. The molecule has 0 aliphatic rings. The van der Waals surface area contributed by atoms with Gasteiger partial charge in [-0.3, -0.25) is 9.69 Å². The molecule has 0 aliphatic heterocycles. The van der Waals surface area contributed by atoms with E-state index in [4.69, 9.17) is 5.11 Å². The lowest BCUT2D eigenvalue weighted by Crippen LogP contribution is -2.38. The van der Waals surface area contributed by atoms with Crippen LogP contribution in [0.4, 0.5) is 5.69 Å². The molecule has 1 rings (SSSR count). The van der Waals surface area contributed by atoms with Gasteiger partial charge in [-0.2, -0.15) is 0 Å². The highest BCUT2D eigenvalue weighted by molar-refractivity contribution is 5.92. The SMILES string of the molecule is Cc1ccc(NC(=O)CN(C)C(C)CO)cc1. The number of carbonyl (C=O) groups is 1. The zero-order valence-corrected chi connectivity index (χ0v) is 10.6. The molecular formula is C13H20N2O2. The maximum Gasteiger partial charge on any atom is 0.238 e. The Morgan fingerprint density at radius 1 is 1.41 bits per heavy atom. The first-order valence-electron chi connectivity index (χ1n) is 5.70. The van der Waals surface area contributed by atoms with Crippen molar-refractivity contribution >= 4 is 11.6 Å². The second-order valence-electron chi connectivity index (χ2n) is 4.36. The average Bonchev–Trinajstić information content (AvgIpc) is 2.30. The van der Waals surface area contributed by atoms with Gasteiger partial charge in [-0.1, -0.05) is 17.7 Å². The van der Waals surface area contributed by atoms with E-state index in [0.29, 0.717) is 0 Å². The summed E-state index contributed by atoms with van der Waals surface area (Å²) in [5.41, 5.74) is 1.96. The highest BCUT2D eigenvalue weighted by Gasteiger charge is 2.11. The highest BCUT2D eigenvalue weighted by Crippen LogP contribution is 2.08. The first-order chi connectivity index (χ1) is 8.02. The number of hydrogen-bond donors (Lipinski definition) is 2. The van der Waals surface area contributed by atoms with E-state index < -0.39 is 0 Å². The van der Waals surface area contributed by atoms with Gasteiger partial charge in [0.25, 0.3) is 0 Å². The summed E-state index contributed by atoms with van der Waals surface area (Å²) >= 11 is 0. The molecule has 0 spiro atoms. The molecule has 0 saturated carbocycles. The van der Waals surface area contributed by atoms with Gasteiger partial charge in [0.2, 0.25) is 5.91 Å². The predicted octanol–water partition coefficient (Wildman–Crippen LogP) is 1.25.